The van der Waals surface area contributed by atoms with Crippen LogP contribution >= 0.6 is 0 Å². The molecular weight excluding hydrogens is 584 g/mol. The highest BCUT2D eigenvalue weighted by Gasteiger charge is 2.60. The van der Waals surface area contributed by atoms with Gasteiger partial charge in [-0.15, -0.1) is 0 Å². The molecule has 1 fully saturated rings. The number of ether oxygens (including phenoxy) is 6. The number of esters is 3. The number of hydrogen-bond donors (Lipinski definition) is 5. The topological polar surface area (TPSA) is 208 Å². The number of carbonyl (C=O) groups is 3. The summed E-state index contributed by atoms with van der Waals surface area (Å²) in [6.07, 6.45) is -2.06. The molecule has 0 saturated carbocycles. The van der Waals surface area contributed by atoms with E-state index in [1.54, 1.807) is 18.2 Å². The van der Waals surface area contributed by atoms with Crippen LogP contribution in [-0.4, -0.2) is 106 Å². The molecule has 3 aliphatic heterocycles. The SMILES string of the molecule is COC(=O)C1=CO[C@H](O[C@H]2O[C@@H](CO)[C@H](O)[C@@H](O)[C@@H]2O)[C@@H]2[C@H]1C=C[C@]21C=C([C@@H](C)OC(=O)/C=C/c2ccc(O)cc2)C(=O)O1. The van der Waals surface area contributed by atoms with Crippen LogP contribution in [0.1, 0.15) is 12.5 Å². The molecular formula is C30H32O14. The van der Waals surface area contributed by atoms with Crippen LogP contribution in [0.5, 0.6) is 5.75 Å². The third-order valence-corrected chi connectivity index (χ3v) is 7.91. The summed E-state index contributed by atoms with van der Waals surface area (Å²) in [5.41, 5.74) is -0.852. The first-order valence-electron chi connectivity index (χ1n) is 13.7. The van der Waals surface area contributed by atoms with E-state index in [2.05, 4.69) is 0 Å². The van der Waals surface area contributed by atoms with E-state index in [-0.39, 0.29) is 16.9 Å². The van der Waals surface area contributed by atoms with Gasteiger partial charge >= 0.3 is 17.9 Å². The van der Waals surface area contributed by atoms with Crippen LogP contribution in [0.4, 0.5) is 0 Å². The van der Waals surface area contributed by atoms with Crippen LogP contribution < -0.4 is 0 Å². The third kappa shape index (κ3) is 5.87. The van der Waals surface area contributed by atoms with E-state index in [1.165, 1.54) is 44.4 Å². The van der Waals surface area contributed by atoms with Gasteiger partial charge < -0.3 is 54.0 Å². The number of phenolic OH excluding ortho intramolecular Hbond substituents is 1. The number of allylic oxidation sites excluding steroid dienone is 1. The summed E-state index contributed by atoms with van der Waals surface area (Å²) >= 11 is 0. The molecule has 0 bridgehead atoms. The number of methoxy groups -OCH3 is 1. The highest BCUT2D eigenvalue weighted by molar-refractivity contribution is 5.95. The van der Waals surface area contributed by atoms with E-state index >= 15 is 0 Å². The first-order chi connectivity index (χ1) is 21.0. The van der Waals surface area contributed by atoms with Gasteiger partial charge in [0.2, 0.25) is 6.29 Å². The maximum absolute atomic E-state index is 13.1. The molecule has 1 aliphatic carbocycles. The maximum atomic E-state index is 13.1. The lowest BCUT2D eigenvalue weighted by Crippen LogP contribution is -2.60. The fourth-order valence-electron chi connectivity index (χ4n) is 5.59. The molecule has 14 nitrogen and oxygen atoms in total. The van der Waals surface area contributed by atoms with Crippen molar-refractivity contribution < 1.29 is 68.3 Å². The first kappa shape index (κ1) is 31.4. The molecule has 1 aromatic carbocycles. The molecule has 1 aromatic rings. The van der Waals surface area contributed by atoms with Crippen molar-refractivity contribution in [3.05, 3.63) is 71.5 Å². The van der Waals surface area contributed by atoms with Crippen molar-refractivity contribution in [2.24, 2.45) is 11.8 Å². The van der Waals surface area contributed by atoms with Crippen molar-refractivity contribution in [2.45, 2.75) is 55.6 Å². The summed E-state index contributed by atoms with van der Waals surface area (Å²) in [4.78, 5) is 38.2. The van der Waals surface area contributed by atoms with Gasteiger partial charge in [0.15, 0.2) is 11.9 Å². The molecule has 5 N–H and O–H groups in total. The number of aliphatic hydroxyl groups is 4. The Hall–Kier alpha value is -4.05. The van der Waals surface area contributed by atoms with Crippen molar-refractivity contribution in [2.75, 3.05) is 13.7 Å². The van der Waals surface area contributed by atoms with Gasteiger partial charge in [0.25, 0.3) is 0 Å². The van der Waals surface area contributed by atoms with Gasteiger partial charge in [-0.1, -0.05) is 18.2 Å². The summed E-state index contributed by atoms with van der Waals surface area (Å²) in [7, 11) is 1.18. The standard InChI is InChI=1S/C30H32O14/c1-14(41-21(33)8-5-15-3-6-16(32)7-4-15)18-11-30(44-27(18)38)10-9-17-19(26(37)39-2)13-40-28(22(17)30)43-29-25(36)24(35)23(34)20(12-31)42-29/h3-11,13-14,17,20,22-25,28-29,31-32,34-36H,12H2,1-2H3/b8-5+/t14-,17+,20+,22+,23+,24-,25+,28-,29-,30+/m1/s1. The zero-order valence-electron chi connectivity index (χ0n) is 23.6. The zero-order chi connectivity index (χ0) is 31.8. The van der Waals surface area contributed by atoms with Gasteiger partial charge in [-0.2, -0.15) is 0 Å². The molecule has 0 aromatic heterocycles. The van der Waals surface area contributed by atoms with Crippen LogP contribution in [0.15, 0.2) is 66.0 Å². The molecule has 236 valence electrons. The van der Waals surface area contributed by atoms with Crippen LogP contribution in [0.3, 0.4) is 0 Å². The Bertz CT molecular complexity index is 1390. The lowest BCUT2D eigenvalue weighted by molar-refractivity contribution is -0.344. The van der Waals surface area contributed by atoms with Gasteiger partial charge in [-0.3, -0.25) is 0 Å². The van der Waals surface area contributed by atoms with Gasteiger partial charge in [0, 0.05) is 12.0 Å². The molecule has 1 saturated heterocycles. The van der Waals surface area contributed by atoms with Crippen molar-refractivity contribution in [1.82, 2.24) is 0 Å². The Labute approximate surface area is 251 Å². The molecule has 0 amide bonds. The average molecular weight is 617 g/mol. The van der Waals surface area contributed by atoms with E-state index in [4.69, 9.17) is 28.4 Å². The minimum Gasteiger partial charge on any atom is -0.508 e. The van der Waals surface area contributed by atoms with Gasteiger partial charge in [0.05, 0.1) is 37.0 Å². The Morgan fingerprint density at radius 2 is 1.82 bits per heavy atom. The molecule has 44 heavy (non-hydrogen) atoms. The third-order valence-electron chi connectivity index (χ3n) is 7.91. The Morgan fingerprint density at radius 3 is 2.50 bits per heavy atom. The molecule has 10 atom stereocenters. The summed E-state index contributed by atoms with van der Waals surface area (Å²) in [5.74, 6) is -3.97. The molecule has 3 heterocycles. The molecule has 4 aliphatic rings. The molecule has 0 unspecified atom stereocenters. The Balaban J connectivity index is 1.39. The lowest BCUT2D eigenvalue weighted by Gasteiger charge is -2.44. The summed E-state index contributed by atoms with van der Waals surface area (Å²) in [5, 5.41) is 49.8. The number of fused-ring (bicyclic) bond motifs is 2. The second-order valence-corrected chi connectivity index (χ2v) is 10.7. The van der Waals surface area contributed by atoms with E-state index < -0.39 is 85.1 Å². The van der Waals surface area contributed by atoms with E-state index in [0.717, 1.165) is 12.3 Å². The van der Waals surface area contributed by atoms with Gasteiger partial charge in [0.1, 0.15) is 36.3 Å². The quantitative estimate of drug-likeness (QED) is 0.109. The highest BCUT2D eigenvalue weighted by atomic mass is 16.8. The number of hydrogen-bond acceptors (Lipinski definition) is 14. The zero-order valence-corrected chi connectivity index (χ0v) is 23.6. The van der Waals surface area contributed by atoms with Crippen LogP contribution in [0.2, 0.25) is 0 Å². The summed E-state index contributed by atoms with van der Waals surface area (Å²) in [6, 6.07) is 6.11. The molecule has 5 rings (SSSR count). The van der Waals surface area contributed by atoms with Crippen LogP contribution in [-0.2, 0) is 42.8 Å². The number of benzene rings is 1. The minimum atomic E-state index is -1.75. The molecule has 1 spiro atoms. The number of aliphatic hydroxyl groups excluding tert-OH is 4. The Morgan fingerprint density at radius 1 is 1.09 bits per heavy atom. The largest absolute Gasteiger partial charge is 0.508 e. The number of carbonyl (C=O) groups excluding carboxylic acids is 3. The van der Waals surface area contributed by atoms with Crippen molar-refractivity contribution in [3.8, 4) is 5.75 Å². The predicted octanol–water partition coefficient (Wildman–Crippen LogP) is -0.409. The molecule has 14 heteroatoms. The van der Waals surface area contributed by atoms with Crippen LogP contribution in [0.25, 0.3) is 6.08 Å². The second kappa shape index (κ2) is 12.5. The minimum absolute atomic E-state index is 0.00226. The second-order valence-electron chi connectivity index (χ2n) is 10.7. The maximum Gasteiger partial charge on any atom is 0.338 e. The Kier molecular flexibility index (Phi) is 8.92. The normalized spacial score (nSPS) is 35.0. The lowest BCUT2D eigenvalue weighted by atomic mass is 9.78. The number of rotatable bonds is 8. The van der Waals surface area contributed by atoms with Crippen LogP contribution in [0, 0.1) is 11.8 Å². The van der Waals surface area contributed by atoms with Crippen molar-refractivity contribution in [3.63, 3.8) is 0 Å². The number of aromatic hydroxyl groups is 1. The number of phenols is 1. The fourth-order valence-corrected chi connectivity index (χ4v) is 5.59. The smallest absolute Gasteiger partial charge is 0.338 e. The first-order valence-corrected chi connectivity index (χ1v) is 13.7. The summed E-state index contributed by atoms with van der Waals surface area (Å²) in [6.45, 7) is 0.790. The van der Waals surface area contributed by atoms with Gasteiger partial charge in [-0.25, -0.2) is 14.4 Å². The predicted molar refractivity (Wildman–Crippen MR) is 146 cm³/mol. The highest BCUT2D eigenvalue weighted by Crippen LogP contribution is 2.51. The summed E-state index contributed by atoms with van der Waals surface area (Å²) < 4.78 is 33.2. The van der Waals surface area contributed by atoms with E-state index in [0.29, 0.717) is 5.56 Å². The van der Waals surface area contributed by atoms with E-state index in [9.17, 15) is 39.9 Å². The van der Waals surface area contributed by atoms with Crippen molar-refractivity contribution in [1.29, 1.82) is 0 Å². The molecule has 0 radical (unpaired) electrons. The van der Waals surface area contributed by atoms with E-state index in [1.807, 2.05) is 0 Å². The van der Waals surface area contributed by atoms with Crippen molar-refractivity contribution >= 4 is 24.0 Å². The van der Waals surface area contributed by atoms with Gasteiger partial charge in [-0.05, 0) is 42.8 Å². The monoisotopic (exact) mass is 616 g/mol. The average Bonchev–Trinajstić information content (AvgIpc) is 3.56. The fraction of sp³-hybridized carbons (Fsp3) is 0.433.